The molecule has 1 heterocycles. The van der Waals surface area contributed by atoms with Crippen LogP contribution in [-0.2, 0) is 0 Å². The van der Waals surface area contributed by atoms with Crippen LogP contribution in [0.3, 0.4) is 0 Å². The van der Waals surface area contributed by atoms with E-state index in [0.29, 0.717) is 10.8 Å². The van der Waals surface area contributed by atoms with Gasteiger partial charge in [-0.25, -0.2) is 0 Å². The van der Waals surface area contributed by atoms with Crippen LogP contribution < -0.4 is 0 Å². The summed E-state index contributed by atoms with van der Waals surface area (Å²) in [6.07, 6.45) is 0. The first-order valence-electron chi connectivity index (χ1n) is 5.78. The van der Waals surface area contributed by atoms with Gasteiger partial charge in [0.25, 0.3) is 0 Å². The van der Waals surface area contributed by atoms with Crippen molar-refractivity contribution in [1.82, 2.24) is 14.8 Å². The van der Waals surface area contributed by atoms with E-state index in [0.717, 1.165) is 15.7 Å². The lowest BCUT2D eigenvalue weighted by molar-refractivity contribution is 1.06. The van der Waals surface area contributed by atoms with E-state index in [2.05, 4.69) is 26.1 Å². The van der Waals surface area contributed by atoms with Crippen LogP contribution >= 0.6 is 39.1 Å². The highest BCUT2D eigenvalue weighted by Crippen LogP contribution is 2.31. The van der Waals surface area contributed by atoms with Gasteiger partial charge in [-0.1, -0.05) is 41.9 Å². The number of halogens is 3. The maximum atomic E-state index is 6.18. The maximum Gasteiger partial charge on any atom is 0.229 e. The van der Waals surface area contributed by atoms with Crippen molar-refractivity contribution in [2.24, 2.45) is 0 Å². The molecule has 2 aromatic carbocycles. The topological polar surface area (TPSA) is 30.7 Å². The summed E-state index contributed by atoms with van der Waals surface area (Å²) >= 11 is 15.7. The van der Waals surface area contributed by atoms with E-state index in [1.807, 2.05) is 42.5 Å². The van der Waals surface area contributed by atoms with E-state index in [1.165, 1.54) is 0 Å². The van der Waals surface area contributed by atoms with Crippen LogP contribution in [0.15, 0.2) is 53.0 Å². The van der Waals surface area contributed by atoms with Gasteiger partial charge >= 0.3 is 0 Å². The Morgan fingerprint density at radius 2 is 1.70 bits per heavy atom. The molecule has 3 aromatic rings. The highest BCUT2D eigenvalue weighted by molar-refractivity contribution is 9.10. The van der Waals surface area contributed by atoms with Gasteiger partial charge in [0, 0.05) is 15.1 Å². The average molecular weight is 369 g/mol. The fourth-order valence-corrected chi connectivity index (χ4v) is 2.71. The largest absolute Gasteiger partial charge is 0.265 e. The van der Waals surface area contributed by atoms with Gasteiger partial charge in [0.2, 0.25) is 5.28 Å². The number of nitrogens with zero attached hydrogens (tertiary/aromatic N) is 3. The van der Waals surface area contributed by atoms with Gasteiger partial charge in [0.15, 0.2) is 5.82 Å². The molecule has 0 atom stereocenters. The zero-order chi connectivity index (χ0) is 14.1. The van der Waals surface area contributed by atoms with Crippen LogP contribution in [-0.4, -0.2) is 14.8 Å². The van der Waals surface area contributed by atoms with Crippen LogP contribution in [0.2, 0.25) is 10.3 Å². The predicted molar refractivity (Wildman–Crippen MR) is 84.5 cm³/mol. The highest BCUT2D eigenvalue weighted by atomic mass is 79.9. The van der Waals surface area contributed by atoms with Crippen LogP contribution in [0.4, 0.5) is 0 Å². The Morgan fingerprint density at radius 3 is 2.45 bits per heavy atom. The first-order chi connectivity index (χ1) is 9.66. The van der Waals surface area contributed by atoms with Crippen molar-refractivity contribution in [1.29, 1.82) is 0 Å². The van der Waals surface area contributed by atoms with Crippen LogP contribution in [0.1, 0.15) is 0 Å². The van der Waals surface area contributed by atoms with E-state index in [1.54, 1.807) is 10.6 Å². The molecule has 0 saturated heterocycles. The summed E-state index contributed by atoms with van der Waals surface area (Å²) in [7, 11) is 0. The predicted octanol–water partition coefficient (Wildman–Crippen LogP) is 5.00. The van der Waals surface area contributed by atoms with Crippen molar-refractivity contribution in [2.45, 2.75) is 0 Å². The van der Waals surface area contributed by atoms with E-state index >= 15 is 0 Å². The molecule has 0 saturated carbocycles. The van der Waals surface area contributed by atoms with Gasteiger partial charge in [-0.3, -0.25) is 4.57 Å². The second kappa shape index (κ2) is 5.56. The van der Waals surface area contributed by atoms with Gasteiger partial charge in [-0.05, 0) is 45.7 Å². The van der Waals surface area contributed by atoms with Crippen molar-refractivity contribution >= 4 is 39.1 Å². The van der Waals surface area contributed by atoms with E-state index in [-0.39, 0.29) is 5.28 Å². The second-order valence-corrected chi connectivity index (χ2v) is 5.72. The van der Waals surface area contributed by atoms with Crippen molar-refractivity contribution in [2.75, 3.05) is 0 Å². The van der Waals surface area contributed by atoms with Gasteiger partial charge in [-0.15, -0.1) is 10.2 Å². The molecule has 0 amide bonds. The SMILES string of the molecule is Clc1ccc(Br)c(-n2c(Cl)nnc2-c2ccccc2)c1. The van der Waals surface area contributed by atoms with Crippen LogP contribution in [0, 0.1) is 0 Å². The van der Waals surface area contributed by atoms with E-state index < -0.39 is 0 Å². The lowest BCUT2D eigenvalue weighted by Crippen LogP contribution is -1.99. The summed E-state index contributed by atoms with van der Waals surface area (Å²) in [6, 6.07) is 15.2. The molecule has 0 aliphatic heterocycles. The zero-order valence-electron chi connectivity index (χ0n) is 10.1. The molecule has 0 N–H and O–H groups in total. The number of benzene rings is 2. The van der Waals surface area contributed by atoms with Crippen molar-refractivity contribution in [3.63, 3.8) is 0 Å². The number of aromatic nitrogens is 3. The molecule has 0 fully saturated rings. The minimum atomic E-state index is 0.284. The van der Waals surface area contributed by atoms with Gasteiger partial charge < -0.3 is 0 Å². The van der Waals surface area contributed by atoms with Gasteiger partial charge in [-0.2, -0.15) is 0 Å². The second-order valence-electron chi connectivity index (χ2n) is 4.09. The molecule has 0 bridgehead atoms. The zero-order valence-corrected chi connectivity index (χ0v) is 13.2. The Balaban J connectivity index is 2.24. The quantitative estimate of drug-likeness (QED) is 0.636. The molecular formula is C14H8BrCl2N3. The van der Waals surface area contributed by atoms with Gasteiger partial charge in [0.1, 0.15) is 0 Å². The molecule has 6 heteroatoms. The Morgan fingerprint density at radius 1 is 0.950 bits per heavy atom. The summed E-state index contributed by atoms with van der Waals surface area (Å²) in [5.74, 6) is 0.665. The minimum Gasteiger partial charge on any atom is -0.265 e. The Hall–Kier alpha value is -1.36. The first-order valence-corrected chi connectivity index (χ1v) is 7.33. The summed E-state index contributed by atoms with van der Waals surface area (Å²) in [5.41, 5.74) is 1.73. The van der Waals surface area contributed by atoms with Crippen LogP contribution in [0.5, 0.6) is 0 Å². The highest BCUT2D eigenvalue weighted by Gasteiger charge is 2.16. The molecule has 0 unspecified atom stereocenters. The van der Waals surface area contributed by atoms with Crippen molar-refractivity contribution in [3.05, 3.63) is 63.3 Å². The molecule has 0 spiro atoms. The van der Waals surface area contributed by atoms with E-state index in [9.17, 15) is 0 Å². The van der Waals surface area contributed by atoms with Crippen molar-refractivity contribution < 1.29 is 0 Å². The molecule has 3 rings (SSSR count). The number of hydrogen-bond acceptors (Lipinski definition) is 2. The third-order valence-corrected chi connectivity index (χ3v) is 3.95. The third kappa shape index (κ3) is 2.46. The smallest absolute Gasteiger partial charge is 0.229 e. The maximum absolute atomic E-state index is 6.18. The molecular weight excluding hydrogens is 361 g/mol. The van der Waals surface area contributed by atoms with E-state index in [4.69, 9.17) is 23.2 Å². The monoisotopic (exact) mass is 367 g/mol. The fourth-order valence-electron chi connectivity index (χ4n) is 1.91. The molecule has 20 heavy (non-hydrogen) atoms. The molecule has 100 valence electrons. The van der Waals surface area contributed by atoms with Crippen LogP contribution in [0.25, 0.3) is 17.1 Å². The van der Waals surface area contributed by atoms with Gasteiger partial charge in [0.05, 0.1) is 5.69 Å². The first kappa shape index (κ1) is 13.6. The average Bonchev–Trinajstić information content (AvgIpc) is 2.84. The standard InChI is InChI=1S/C14H8BrCl2N3/c15-11-7-6-10(16)8-12(11)20-13(18-19-14(20)17)9-4-2-1-3-5-9/h1-8H. The summed E-state index contributed by atoms with van der Waals surface area (Å²) in [5, 5.41) is 9.01. The lowest BCUT2D eigenvalue weighted by atomic mass is 10.2. The Labute approximate surface area is 134 Å². The summed E-state index contributed by atoms with van der Waals surface area (Å²) < 4.78 is 2.62. The molecule has 3 nitrogen and oxygen atoms in total. The Kier molecular flexibility index (Phi) is 3.78. The third-order valence-electron chi connectivity index (χ3n) is 2.80. The normalized spacial score (nSPS) is 10.8. The lowest BCUT2D eigenvalue weighted by Gasteiger charge is -2.10. The van der Waals surface area contributed by atoms with Crippen molar-refractivity contribution in [3.8, 4) is 17.1 Å². The molecule has 0 aliphatic rings. The molecule has 0 aliphatic carbocycles. The molecule has 1 aromatic heterocycles. The summed E-state index contributed by atoms with van der Waals surface area (Å²) in [6.45, 7) is 0. The summed E-state index contributed by atoms with van der Waals surface area (Å²) in [4.78, 5) is 0. The number of hydrogen-bond donors (Lipinski definition) is 0. The minimum absolute atomic E-state index is 0.284. The fraction of sp³-hybridized carbons (Fsp3) is 0. The Bertz CT molecular complexity index is 756. The number of rotatable bonds is 2. The molecule has 0 radical (unpaired) electrons.